The normalized spacial score (nSPS) is 19.0. The van der Waals surface area contributed by atoms with E-state index < -0.39 is 5.91 Å². The number of anilines is 1. The second-order valence-electron chi connectivity index (χ2n) is 5.98. The van der Waals surface area contributed by atoms with Crippen LogP contribution in [0.5, 0.6) is 0 Å². The van der Waals surface area contributed by atoms with E-state index in [9.17, 15) is 9.59 Å². The van der Waals surface area contributed by atoms with E-state index in [4.69, 9.17) is 5.73 Å². The molecule has 0 spiro atoms. The Kier molecular flexibility index (Phi) is 3.96. The third-order valence-electron chi connectivity index (χ3n) is 4.36. The average Bonchev–Trinajstić information content (AvgIpc) is 3.38. The topological polar surface area (TPSA) is 101 Å². The minimum atomic E-state index is -0.522. The van der Waals surface area contributed by atoms with Gasteiger partial charge >= 0.3 is 0 Å². The van der Waals surface area contributed by atoms with Gasteiger partial charge in [-0.1, -0.05) is 0 Å². The lowest BCUT2D eigenvalue weighted by Gasteiger charge is -2.32. The van der Waals surface area contributed by atoms with Crippen molar-refractivity contribution in [3.8, 4) is 0 Å². The minimum Gasteiger partial charge on any atom is -0.364 e. The molecule has 7 heteroatoms. The molecule has 118 valence electrons. The zero-order valence-electron chi connectivity index (χ0n) is 12.7. The lowest BCUT2D eigenvalue weighted by Crippen LogP contribution is -2.40. The van der Waals surface area contributed by atoms with Gasteiger partial charge in [0.15, 0.2) is 0 Å². The summed E-state index contributed by atoms with van der Waals surface area (Å²) in [6.45, 7) is 1.49. The number of hydrogen-bond acceptors (Lipinski definition) is 5. The number of aromatic nitrogens is 2. The first kappa shape index (κ1) is 14.7. The summed E-state index contributed by atoms with van der Waals surface area (Å²) in [6.07, 6.45) is 3.71. The largest absolute Gasteiger partial charge is 0.364 e. The molecule has 1 saturated carbocycles. The highest BCUT2D eigenvalue weighted by Crippen LogP contribution is 2.38. The number of carbonyl (C=O) groups is 2. The molecule has 0 unspecified atom stereocenters. The molecule has 7 nitrogen and oxygen atoms in total. The van der Waals surface area contributed by atoms with Crippen molar-refractivity contribution >= 4 is 17.6 Å². The molecular weight excluding hydrogens is 282 g/mol. The quantitative estimate of drug-likeness (QED) is 0.839. The van der Waals surface area contributed by atoms with Gasteiger partial charge in [-0.25, -0.2) is 9.97 Å². The Hall–Kier alpha value is -2.18. The monoisotopic (exact) mass is 303 g/mol. The molecule has 2 aliphatic rings. The number of nitrogens with one attached hydrogen (secondary N) is 1. The molecule has 2 heterocycles. The summed E-state index contributed by atoms with van der Waals surface area (Å²) in [5.41, 5.74) is 5.66. The lowest BCUT2D eigenvalue weighted by atomic mass is 9.96. The van der Waals surface area contributed by atoms with Crippen molar-refractivity contribution in [3.05, 3.63) is 17.6 Å². The first-order valence-corrected chi connectivity index (χ1v) is 7.74. The van der Waals surface area contributed by atoms with E-state index in [0.717, 1.165) is 50.4 Å². The highest BCUT2D eigenvalue weighted by atomic mass is 16.2. The van der Waals surface area contributed by atoms with E-state index in [1.54, 1.807) is 13.1 Å². The Bertz CT molecular complexity index is 592. The van der Waals surface area contributed by atoms with Crippen molar-refractivity contribution < 1.29 is 9.59 Å². The van der Waals surface area contributed by atoms with E-state index in [1.807, 2.05) is 0 Å². The molecule has 3 rings (SSSR count). The number of nitrogens with two attached hydrogens (primary N) is 1. The standard InChI is InChI=1S/C15H21N5O2/c1-17-15(22)10-4-6-20(7-5-10)12-8-11(13(16)21)18-14(19-12)9-2-3-9/h8-10H,2-7H2,1H3,(H2,16,21)(H,17,22). The Morgan fingerprint density at radius 2 is 1.91 bits per heavy atom. The van der Waals surface area contributed by atoms with E-state index >= 15 is 0 Å². The summed E-state index contributed by atoms with van der Waals surface area (Å²) in [5.74, 6) is 1.47. The number of nitrogens with zero attached hydrogens (tertiary/aromatic N) is 3. The SMILES string of the molecule is CNC(=O)C1CCN(c2cc(C(N)=O)nc(C3CC3)n2)CC1. The molecule has 1 aliphatic carbocycles. The zero-order valence-corrected chi connectivity index (χ0v) is 12.7. The van der Waals surface area contributed by atoms with Gasteiger partial charge in [0.05, 0.1) is 0 Å². The van der Waals surface area contributed by atoms with Crippen LogP contribution in [-0.2, 0) is 4.79 Å². The van der Waals surface area contributed by atoms with Gasteiger partial charge in [0.2, 0.25) is 5.91 Å². The van der Waals surface area contributed by atoms with Crippen LogP contribution in [0.15, 0.2) is 6.07 Å². The summed E-state index contributed by atoms with van der Waals surface area (Å²) in [6, 6.07) is 1.66. The van der Waals surface area contributed by atoms with E-state index in [0.29, 0.717) is 5.92 Å². The minimum absolute atomic E-state index is 0.0570. The maximum absolute atomic E-state index is 11.7. The predicted molar refractivity (Wildman–Crippen MR) is 81.5 cm³/mol. The highest BCUT2D eigenvalue weighted by molar-refractivity contribution is 5.91. The Balaban J connectivity index is 1.77. The van der Waals surface area contributed by atoms with Crippen LogP contribution < -0.4 is 16.0 Å². The first-order chi connectivity index (χ1) is 10.6. The van der Waals surface area contributed by atoms with Crippen LogP contribution in [0.3, 0.4) is 0 Å². The number of primary amides is 1. The molecule has 0 atom stereocenters. The van der Waals surface area contributed by atoms with Gasteiger partial charge in [-0.2, -0.15) is 0 Å². The van der Waals surface area contributed by atoms with Crippen LogP contribution in [0.25, 0.3) is 0 Å². The van der Waals surface area contributed by atoms with Crippen LogP contribution in [0.2, 0.25) is 0 Å². The Morgan fingerprint density at radius 3 is 2.45 bits per heavy atom. The van der Waals surface area contributed by atoms with Crippen molar-refractivity contribution in [1.29, 1.82) is 0 Å². The third kappa shape index (κ3) is 3.03. The Morgan fingerprint density at radius 1 is 1.23 bits per heavy atom. The zero-order chi connectivity index (χ0) is 15.7. The van der Waals surface area contributed by atoms with Crippen molar-refractivity contribution in [1.82, 2.24) is 15.3 Å². The molecule has 0 bridgehead atoms. The van der Waals surface area contributed by atoms with Crippen LogP contribution in [0, 0.1) is 5.92 Å². The fraction of sp³-hybridized carbons (Fsp3) is 0.600. The molecule has 1 aromatic heterocycles. The van der Waals surface area contributed by atoms with Gasteiger partial charge in [0.1, 0.15) is 17.3 Å². The number of carbonyl (C=O) groups excluding carboxylic acids is 2. The third-order valence-corrected chi connectivity index (χ3v) is 4.36. The predicted octanol–water partition coefficient (Wildman–Crippen LogP) is 0.415. The molecule has 2 fully saturated rings. The van der Waals surface area contributed by atoms with Gasteiger partial charge in [0, 0.05) is 38.0 Å². The maximum atomic E-state index is 11.7. The summed E-state index contributed by atoms with van der Waals surface area (Å²) >= 11 is 0. The van der Waals surface area contributed by atoms with E-state index in [2.05, 4.69) is 20.2 Å². The fourth-order valence-electron chi connectivity index (χ4n) is 2.84. The van der Waals surface area contributed by atoms with Gasteiger partial charge in [-0.3, -0.25) is 9.59 Å². The van der Waals surface area contributed by atoms with Crippen molar-refractivity contribution in [2.45, 2.75) is 31.6 Å². The van der Waals surface area contributed by atoms with Crippen LogP contribution >= 0.6 is 0 Å². The first-order valence-electron chi connectivity index (χ1n) is 7.74. The van der Waals surface area contributed by atoms with Crippen LogP contribution in [0.1, 0.15) is 47.9 Å². The molecule has 3 N–H and O–H groups in total. The van der Waals surface area contributed by atoms with Crippen molar-refractivity contribution in [2.75, 3.05) is 25.0 Å². The van der Waals surface area contributed by atoms with Gasteiger partial charge in [-0.15, -0.1) is 0 Å². The summed E-state index contributed by atoms with van der Waals surface area (Å²) in [7, 11) is 1.67. The fourth-order valence-corrected chi connectivity index (χ4v) is 2.84. The summed E-state index contributed by atoms with van der Waals surface area (Å²) < 4.78 is 0. The van der Waals surface area contributed by atoms with E-state index in [-0.39, 0.29) is 17.5 Å². The smallest absolute Gasteiger partial charge is 0.267 e. The number of rotatable bonds is 4. The van der Waals surface area contributed by atoms with E-state index in [1.165, 1.54) is 0 Å². The number of hydrogen-bond donors (Lipinski definition) is 2. The lowest BCUT2D eigenvalue weighted by molar-refractivity contribution is -0.125. The van der Waals surface area contributed by atoms with Crippen LogP contribution in [-0.4, -0.2) is 41.9 Å². The van der Waals surface area contributed by atoms with Gasteiger partial charge in [-0.05, 0) is 25.7 Å². The van der Waals surface area contributed by atoms with Crippen LogP contribution in [0.4, 0.5) is 5.82 Å². The molecule has 2 amide bonds. The second-order valence-corrected chi connectivity index (χ2v) is 5.98. The van der Waals surface area contributed by atoms with Crippen molar-refractivity contribution in [3.63, 3.8) is 0 Å². The number of amides is 2. The molecule has 22 heavy (non-hydrogen) atoms. The molecule has 0 aromatic carbocycles. The summed E-state index contributed by atoms with van der Waals surface area (Å²) in [4.78, 5) is 34.1. The van der Waals surface area contributed by atoms with Crippen molar-refractivity contribution in [2.24, 2.45) is 11.7 Å². The summed E-state index contributed by atoms with van der Waals surface area (Å²) in [5, 5.41) is 2.70. The molecule has 1 aromatic rings. The molecule has 1 saturated heterocycles. The average molecular weight is 303 g/mol. The van der Waals surface area contributed by atoms with Gasteiger partial charge < -0.3 is 16.0 Å². The van der Waals surface area contributed by atoms with Gasteiger partial charge in [0.25, 0.3) is 5.91 Å². The Labute approximate surface area is 129 Å². The molecule has 0 radical (unpaired) electrons. The highest BCUT2D eigenvalue weighted by Gasteiger charge is 2.30. The second kappa shape index (κ2) is 5.90. The molecule has 1 aliphatic heterocycles. The maximum Gasteiger partial charge on any atom is 0.267 e. The molecular formula is C15H21N5O2. The number of piperidine rings is 1.